The molecule has 1 N–H and O–H groups in total. The first-order valence-corrected chi connectivity index (χ1v) is 6.04. The zero-order valence-electron chi connectivity index (χ0n) is 7.83. The Morgan fingerprint density at radius 2 is 2.36 bits per heavy atom. The van der Waals surface area contributed by atoms with Gasteiger partial charge in [0, 0.05) is 17.8 Å². The molecule has 0 saturated carbocycles. The summed E-state index contributed by atoms with van der Waals surface area (Å²) >= 11 is 6.95. The zero-order chi connectivity index (χ0) is 10.2. The van der Waals surface area contributed by atoms with Crippen LogP contribution in [0.1, 0.15) is 29.8 Å². The summed E-state index contributed by atoms with van der Waals surface area (Å²) in [6.07, 6.45) is 3.04. The molecule has 1 heterocycles. The number of amides is 1. The third-order valence-electron chi connectivity index (χ3n) is 1.76. The molecule has 0 atom stereocenters. The number of nitrogens with zero attached hydrogens (tertiary/aromatic N) is 1. The van der Waals surface area contributed by atoms with Gasteiger partial charge in [0.2, 0.25) is 0 Å². The van der Waals surface area contributed by atoms with Gasteiger partial charge in [-0.1, -0.05) is 6.42 Å². The maximum Gasteiger partial charge on any atom is 0.270 e. The highest BCUT2D eigenvalue weighted by Gasteiger charge is 2.05. The summed E-state index contributed by atoms with van der Waals surface area (Å²) < 4.78 is 0. The number of halogens is 1. The lowest BCUT2D eigenvalue weighted by Gasteiger charge is -2.01. The molecule has 1 rings (SSSR count). The number of aromatic nitrogens is 1. The lowest BCUT2D eigenvalue weighted by atomic mass is 10.2. The standard InChI is InChI=1S/C9H13ClN2OS/c10-4-2-1-3-5-11-9(13)8-6-14-7-12-8/h6-7H,1-5H2,(H,11,13). The maximum atomic E-state index is 11.3. The minimum Gasteiger partial charge on any atom is -0.351 e. The van der Waals surface area contributed by atoms with Gasteiger partial charge in [-0.3, -0.25) is 4.79 Å². The van der Waals surface area contributed by atoms with Gasteiger partial charge in [-0.2, -0.15) is 0 Å². The molecular formula is C9H13ClN2OS. The van der Waals surface area contributed by atoms with E-state index in [0.717, 1.165) is 19.3 Å². The highest BCUT2D eigenvalue weighted by Crippen LogP contribution is 2.01. The van der Waals surface area contributed by atoms with Gasteiger partial charge in [-0.05, 0) is 12.8 Å². The number of carbonyl (C=O) groups is 1. The van der Waals surface area contributed by atoms with Gasteiger partial charge in [0.1, 0.15) is 5.69 Å². The van der Waals surface area contributed by atoms with Crippen molar-refractivity contribution >= 4 is 28.8 Å². The molecular weight excluding hydrogens is 220 g/mol. The van der Waals surface area contributed by atoms with Crippen LogP contribution in [-0.2, 0) is 0 Å². The van der Waals surface area contributed by atoms with Crippen LogP contribution in [0.25, 0.3) is 0 Å². The van der Waals surface area contributed by atoms with Crippen molar-refractivity contribution in [2.75, 3.05) is 12.4 Å². The summed E-state index contributed by atoms with van der Waals surface area (Å²) in [7, 11) is 0. The molecule has 0 fully saturated rings. The molecule has 1 aromatic rings. The average Bonchev–Trinajstić information content (AvgIpc) is 2.70. The van der Waals surface area contributed by atoms with Crippen LogP contribution in [0.2, 0.25) is 0 Å². The van der Waals surface area contributed by atoms with Crippen LogP contribution in [-0.4, -0.2) is 23.3 Å². The Morgan fingerprint density at radius 1 is 1.50 bits per heavy atom. The number of rotatable bonds is 6. The summed E-state index contributed by atoms with van der Waals surface area (Å²) in [5.74, 6) is 0.608. The average molecular weight is 233 g/mol. The van der Waals surface area contributed by atoms with Crippen LogP contribution in [0.5, 0.6) is 0 Å². The van der Waals surface area contributed by atoms with Gasteiger partial charge in [-0.25, -0.2) is 4.98 Å². The summed E-state index contributed by atoms with van der Waals surface area (Å²) in [5, 5.41) is 4.55. The number of alkyl halides is 1. The van der Waals surface area contributed by atoms with Crippen molar-refractivity contribution in [1.82, 2.24) is 10.3 Å². The van der Waals surface area contributed by atoms with Crippen molar-refractivity contribution in [3.05, 3.63) is 16.6 Å². The normalized spacial score (nSPS) is 10.1. The fraction of sp³-hybridized carbons (Fsp3) is 0.556. The molecule has 3 nitrogen and oxygen atoms in total. The number of unbranched alkanes of at least 4 members (excludes halogenated alkanes) is 2. The van der Waals surface area contributed by atoms with E-state index >= 15 is 0 Å². The topological polar surface area (TPSA) is 42.0 Å². The van der Waals surface area contributed by atoms with E-state index in [1.807, 2.05) is 0 Å². The van der Waals surface area contributed by atoms with Gasteiger partial charge < -0.3 is 5.32 Å². The van der Waals surface area contributed by atoms with Gasteiger partial charge >= 0.3 is 0 Å². The van der Waals surface area contributed by atoms with Crippen LogP contribution in [0, 0.1) is 0 Å². The molecule has 78 valence electrons. The zero-order valence-corrected chi connectivity index (χ0v) is 9.40. The lowest BCUT2D eigenvalue weighted by Crippen LogP contribution is -2.24. The Hall–Kier alpha value is -0.610. The monoisotopic (exact) mass is 232 g/mol. The van der Waals surface area contributed by atoms with E-state index in [1.165, 1.54) is 11.3 Å². The second-order valence-corrected chi connectivity index (χ2v) is 3.98. The highest BCUT2D eigenvalue weighted by molar-refractivity contribution is 7.07. The van der Waals surface area contributed by atoms with Crippen LogP contribution >= 0.6 is 22.9 Å². The van der Waals surface area contributed by atoms with E-state index in [1.54, 1.807) is 10.9 Å². The minimum atomic E-state index is -0.0860. The van der Waals surface area contributed by atoms with Gasteiger partial charge in [-0.15, -0.1) is 22.9 Å². The second-order valence-electron chi connectivity index (χ2n) is 2.88. The van der Waals surface area contributed by atoms with E-state index in [0.29, 0.717) is 18.1 Å². The molecule has 0 spiro atoms. The van der Waals surface area contributed by atoms with E-state index in [9.17, 15) is 4.79 Å². The van der Waals surface area contributed by atoms with Gasteiger partial charge in [0.05, 0.1) is 5.51 Å². The number of carbonyl (C=O) groups excluding carboxylic acids is 1. The van der Waals surface area contributed by atoms with E-state index in [-0.39, 0.29) is 5.91 Å². The van der Waals surface area contributed by atoms with Crippen molar-refractivity contribution in [1.29, 1.82) is 0 Å². The molecule has 5 heteroatoms. The van der Waals surface area contributed by atoms with E-state index < -0.39 is 0 Å². The molecule has 0 aliphatic rings. The molecule has 1 aromatic heterocycles. The van der Waals surface area contributed by atoms with Crippen LogP contribution in [0.15, 0.2) is 10.9 Å². The van der Waals surface area contributed by atoms with Crippen molar-refractivity contribution in [3.63, 3.8) is 0 Å². The van der Waals surface area contributed by atoms with Gasteiger partial charge in [0.15, 0.2) is 0 Å². The van der Waals surface area contributed by atoms with Crippen molar-refractivity contribution in [2.45, 2.75) is 19.3 Å². The SMILES string of the molecule is O=C(NCCCCCCl)c1cscn1. The summed E-state index contributed by atoms with van der Waals surface area (Å²) in [5.41, 5.74) is 2.16. The molecule has 14 heavy (non-hydrogen) atoms. The fourth-order valence-corrected chi connectivity index (χ4v) is 1.73. The molecule has 0 aliphatic carbocycles. The molecule has 0 radical (unpaired) electrons. The summed E-state index contributed by atoms with van der Waals surface area (Å²) in [6.45, 7) is 0.702. The van der Waals surface area contributed by atoms with Crippen LogP contribution in [0.3, 0.4) is 0 Å². The Bertz CT molecular complexity index is 264. The Morgan fingerprint density at radius 3 is 3.00 bits per heavy atom. The van der Waals surface area contributed by atoms with Crippen molar-refractivity contribution < 1.29 is 4.79 Å². The first kappa shape index (κ1) is 11.5. The largest absolute Gasteiger partial charge is 0.351 e. The van der Waals surface area contributed by atoms with Gasteiger partial charge in [0.25, 0.3) is 5.91 Å². The summed E-state index contributed by atoms with van der Waals surface area (Å²) in [6, 6.07) is 0. The third-order valence-corrected chi connectivity index (χ3v) is 2.61. The first-order chi connectivity index (χ1) is 6.84. The summed E-state index contributed by atoms with van der Waals surface area (Å²) in [4.78, 5) is 15.3. The smallest absolute Gasteiger partial charge is 0.270 e. The van der Waals surface area contributed by atoms with Crippen LogP contribution < -0.4 is 5.32 Å². The number of thiazole rings is 1. The number of hydrogen-bond acceptors (Lipinski definition) is 3. The Kier molecular flexibility index (Phi) is 5.56. The predicted molar refractivity (Wildman–Crippen MR) is 59.0 cm³/mol. The number of nitrogens with one attached hydrogen (secondary N) is 1. The first-order valence-electron chi connectivity index (χ1n) is 4.57. The molecule has 0 unspecified atom stereocenters. The molecule has 0 aliphatic heterocycles. The Labute approximate surface area is 92.5 Å². The van der Waals surface area contributed by atoms with Crippen molar-refractivity contribution in [3.8, 4) is 0 Å². The second kappa shape index (κ2) is 6.79. The molecule has 0 aromatic carbocycles. The predicted octanol–water partition coefficient (Wildman–Crippen LogP) is 2.28. The van der Waals surface area contributed by atoms with E-state index in [4.69, 9.17) is 11.6 Å². The fourth-order valence-electron chi connectivity index (χ4n) is 1.01. The molecule has 1 amide bonds. The maximum absolute atomic E-state index is 11.3. The lowest BCUT2D eigenvalue weighted by molar-refractivity contribution is 0.0948. The van der Waals surface area contributed by atoms with Crippen molar-refractivity contribution in [2.24, 2.45) is 0 Å². The molecule has 0 saturated heterocycles. The Balaban J connectivity index is 2.10. The van der Waals surface area contributed by atoms with Crippen LogP contribution in [0.4, 0.5) is 0 Å². The number of hydrogen-bond donors (Lipinski definition) is 1. The van der Waals surface area contributed by atoms with E-state index in [2.05, 4.69) is 10.3 Å². The third kappa shape index (κ3) is 4.07. The highest BCUT2D eigenvalue weighted by atomic mass is 35.5. The quantitative estimate of drug-likeness (QED) is 0.604. The molecule has 0 bridgehead atoms. The minimum absolute atomic E-state index is 0.0860.